The van der Waals surface area contributed by atoms with Gasteiger partial charge in [-0.25, -0.2) is 0 Å². The van der Waals surface area contributed by atoms with Crippen LogP contribution in [0, 0.1) is 28.6 Å². The van der Waals surface area contributed by atoms with Crippen molar-refractivity contribution in [1.29, 1.82) is 0 Å². The molecule has 1 spiro atoms. The summed E-state index contributed by atoms with van der Waals surface area (Å²) >= 11 is 1.29. The maximum Gasteiger partial charge on any atom is 0.265 e. The molecule has 10 nitrogen and oxygen atoms in total. The van der Waals surface area contributed by atoms with Crippen LogP contribution in [-0.2, 0) is 19.1 Å². The average Bonchev–Trinajstić information content (AvgIpc) is 3.36. The minimum Gasteiger partial charge on any atom is -0.378 e. The number of amides is 4. The number of hydrogen-bond acceptors (Lipinski definition) is 7. The van der Waals surface area contributed by atoms with E-state index in [-0.39, 0.29) is 48.1 Å². The number of nitrogens with one attached hydrogen (secondary N) is 1. The molecule has 4 heterocycles. The predicted molar refractivity (Wildman–Crippen MR) is 162 cm³/mol. The van der Waals surface area contributed by atoms with Crippen LogP contribution in [0.15, 0.2) is 11.7 Å². The number of carbonyl (C=O) groups is 4. The lowest BCUT2D eigenvalue weighted by molar-refractivity contribution is -0.152. The molecule has 5 fully saturated rings. The summed E-state index contributed by atoms with van der Waals surface area (Å²) in [5, 5.41) is 3.10. The number of aromatic nitrogens is 1. The molecule has 1 aromatic heterocycles. The van der Waals surface area contributed by atoms with Gasteiger partial charge in [0.15, 0.2) is 0 Å². The van der Waals surface area contributed by atoms with Crippen LogP contribution < -0.4 is 5.32 Å². The van der Waals surface area contributed by atoms with Crippen molar-refractivity contribution in [1.82, 2.24) is 25.0 Å². The van der Waals surface area contributed by atoms with Crippen LogP contribution in [-0.4, -0.2) is 102 Å². The number of piperidine rings is 1. The Morgan fingerprint density at radius 2 is 1.65 bits per heavy atom. The smallest absolute Gasteiger partial charge is 0.265 e. The molecule has 0 unspecified atom stereocenters. The van der Waals surface area contributed by atoms with Gasteiger partial charge in [0.05, 0.1) is 24.2 Å². The second-order valence-corrected chi connectivity index (χ2v) is 15.3. The van der Waals surface area contributed by atoms with E-state index in [0.717, 1.165) is 38.5 Å². The van der Waals surface area contributed by atoms with E-state index in [1.807, 2.05) is 9.80 Å². The second kappa shape index (κ2) is 12.5. The molecule has 1 N–H and O–H groups in total. The van der Waals surface area contributed by atoms with Crippen molar-refractivity contribution in [2.45, 2.75) is 77.7 Å². The molecule has 4 amide bonds. The number of thiazole rings is 1. The highest BCUT2D eigenvalue weighted by molar-refractivity contribution is 7.11. The summed E-state index contributed by atoms with van der Waals surface area (Å²) in [6.45, 7) is 7.96. The lowest BCUT2D eigenvalue weighted by Crippen LogP contribution is -2.65. The predicted octanol–water partition coefficient (Wildman–Crippen LogP) is 3.18. The average molecular weight is 614 g/mol. The third-order valence-electron chi connectivity index (χ3n) is 10.7. The van der Waals surface area contributed by atoms with Gasteiger partial charge in [-0.05, 0) is 49.9 Å². The van der Waals surface area contributed by atoms with Gasteiger partial charge in [-0.2, -0.15) is 0 Å². The van der Waals surface area contributed by atoms with Crippen LogP contribution >= 0.6 is 11.3 Å². The molecule has 0 bridgehead atoms. The van der Waals surface area contributed by atoms with Crippen LogP contribution in [0.4, 0.5) is 0 Å². The number of rotatable bonds is 9. The minimum absolute atomic E-state index is 0.0279. The molecule has 3 atom stereocenters. The van der Waals surface area contributed by atoms with Crippen LogP contribution in [0.2, 0.25) is 0 Å². The third-order valence-corrected chi connectivity index (χ3v) is 11.4. The van der Waals surface area contributed by atoms with Crippen molar-refractivity contribution in [3.63, 3.8) is 0 Å². The SMILES string of the molecule is CC1(C)C[C@@H]1C(=O)N1CC2(CN(C(=O)c3cncs3)C[C@@H]2C(=O)N[C@@H](COCC2CCCCC2)C(=O)N2CCCCC2)C1. The first kappa shape index (κ1) is 30.5. The second-order valence-electron chi connectivity index (χ2n) is 14.4. The van der Waals surface area contributed by atoms with Gasteiger partial charge in [0.1, 0.15) is 10.9 Å². The van der Waals surface area contributed by atoms with Crippen molar-refractivity contribution in [3.05, 3.63) is 16.6 Å². The van der Waals surface area contributed by atoms with E-state index in [0.29, 0.717) is 50.1 Å². The van der Waals surface area contributed by atoms with E-state index in [1.54, 1.807) is 16.6 Å². The molecule has 3 saturated heterocycles. The standard InChI is InChI=1S/C32H47N5O5S/c1-31(2)13-23(31)28(39)37-19-32(20-37)18-36(30(41)26-14-33-21-43-26)15-24(32)27(38)34-25(29(40)35-11-7-4-8-12-35)17-42-16-22-9-5-3-6-10-22/h14,21-25H,3-13,15-20H2,1-2H3,(H,34,38)/t23-,24-,25+/m1/s1. The Hall–Kier alpha value is -2.53. The first-order valence-electron chi connectivity index (χ1n) is 16.3. The summed E-state index contributed by atoms with van der Waals surface area (Å²) in [7, 11) is 0. The fraction of sp³-hybridized carbons (Fsp3) is 0.781. The Labute approximate surface area is 258 Å². The summed E-state index contributed by atoms with van der Waals surface area (Å²) in [6, 6.07) is -0.762. The van der Waals surface area contributed by atoms with E-state index in [4.69, 9.17) is 4.74 Å². The molecule has 3 aliphatic heterocycles. The summed E-state index contributed by atoms with van der Waals surface area (Å²) in [6.07, 6.45) is 11.5. The lowest BCUT2D eigenvalue weighted by atomic mass is 9.70. The molecule has 0 aromatic carbocycles. The van der Waals surface area contributed by atoms with Crippen LogP contribution in [0.1, 0.15) is 81.3 Å². The highest BCUT2D eigenvalue weighted by atomic mass is 32.1. The van der Waals surface area contributed by atoms with Crippen molar-refractivity contribution in [2.75, 3.05) is 52.5 Å². The van der Waals surface area contributed by atoms with E-state index in [9.17, 15) is 19.2 Å². The highest BCUT2D eigenvalue weighted by Crippen LogP contribution is 2.54. The van der Waals surface area contributed by atoms with Gasteiger partial charge in [0, 0.05) is 57.2 Å². The first-order valence-corrected chi connectivity index (χ1v) is 17.2. The molecule has 236 valence electrons. The molecule has 43 heavy (non-hydrogen) atoms. The Bertz CT molecular complexity index is 1190. The van der Waals surface area contributed by atoms with Crippen LogP contribution in [0.3, 0.4) is 0 Å². The zero-order valence-corrected chi connectivity index (χ0v) is 26.5. The monoisotopic (exact) mass is 613 g/mol. The van der Waals surface area contributed by atoms with Gasteiger partial charge in [-0.1, -0.05) is 33.1 Å². The molecule has 1 aromatic rings. The Kier molecular flexibility index (Phi) is 8.84. The number of nitrogens with zero attached hydrogens (tertiary/aromatic N) is 4. The van der Waals surface area contributed by atoms with Crippen molar-refractivity contribution in [2.24, 2.45) is 28.6 Å². The molecular weight excluding hydrogens is 566 g/mol. The summed E-state index contributed by atoms with van der Waals surface area (Å²) in [5.41, 5.74) is 1.13. The number of carbonyl (C=O) groups excluding carboxylic acids is 4. The lowest BCUT2D eigenvalue weighted by Gasteiger charge is -2.50. The normalized spacial score (nSPS) is 27.1. The van der Waals surface area contributed by atoms with E-state index in [1.165, 1.54) is 30.6 Å². The van der Waals surface area contributed by atoms with Crippen LogP contribution in [0.25, 0.3) is 0 Å². The van der Waals surface area contributed by atoms with Gasteiger partial charge in [-0.15, -0.1) is 11.3 Å². The Morgan fingerprint density at radius 1 is 0.977 bits per heavy atom. The minimum atomic E-state index is -0.762. The molecule has 2 aliphatic carbocycles. The fourth-order valence-corrected chi connectivity index (χ4v) is 8.34. The first-order chi connectivity index (χ1) is 20.7. The van der Waals surface area contributed by atoms with E-state index in [2.05, 4.69) is 24.1 Å². The molecule has 2 saturated carbocycles. The van der Waals surface area contributed by atoms with Crippen LogP contribution in [0.5, 0.6) is 0 Å². The number of hydrogen-bond donors (Lipinski definition) is 1. The Morgan fingerprint density at radius 3 is 2.30 bits per heavy atom. The zero-order chi connectivity index (χ0) is 30.2. The highest BCUT2D eigenvalue weighted by Gasteiger charge is 2.62. The summed E-state index contributed by atoms with van der Waals surface area (Å²) < 4.78 is 6.13. The Balaban J connectivity index is 1.16. The summed E-state index contributed by atoms with van der Waals surface area (Å²) in [5.74, 6) is -0.275. The molecular formula is C32H47N5O5S. The maximum absolute atomic E-state index is 14.1. The fourth-order valence-electron chi connectivity index (χ4n) is 7.75. The van der Waals surface area contributed by atoms with Gasteiger partial charge < -0.3 is 24.8 Å². The summed E-state index contributed by atoms with van der Waals surface area (Å²) in [4.78, 5) is 64.4. The van der Waals surface area contributed by atoms with Crippen molar-refractivity contribution >= 4 is 35.0 Å². The maximum atomic E-state index is 14.1. The molecule has 11 heteroatoms. The molecule has 0 radical (unpaired) electrons. The quantitative estimate of drug-likeness (QED) is 0.458. The topological polar surface area (TPSA) is 112 Å². The van der Waals surface area contributed by atoms with Gasteiger partial charge >= 0.3 is 0 Å². The van der Waals surface area contributed by atoms with E-state index < -0.39 is 17.4 Å². The largest absolute Gasteiger partial charge is 0.378 e. The number of likely N-dealkylation sites (tertiary alicyclic amines) is 3. The van der Waals surface area contributed by atoms with Gasteiger partial charge in [0.25, 0.3) is 5.91 Å². The van der Waals surface area contributed by atoms with Gasteiger partial charge in [-0.3, -0.25) is 24.2 Å². The molecule has 5 aliphatic rings. The van der Waals surface area contributed by atoms with E-state index >= 15 is 0 Å². The zero-order valence-electron chi connectivity index (χ0n) is 25.7. The number of ether oxygens (including phenoxy) is 1. The third kappa shape index (κ3) is 6.48. The van der Waals surface area contributed by atoms with Crippen molar-refractivity contribution in [3.8, 4) is 0 Å². The van der Waals surface area contributed by atoms with Gasteiger partial charge in [0.2, 0.25) is 17.7 Å². The van der Waals surface area contributed by atoms with Crippen molar-refractivity contribution < 1.29 is 23.9 Å². The molecule has 6 rings (SSSR count).